The molecule has 1 atom stereocenters. The molecular formula is C23H29N3O3. The number of benzene rings is 2. The molecule has 0 aromatic heterocycles. The molecule has 1 N–H and O–H groups in total. The van der Waals surface area contributed by atoms with Crippen LogP contribution in [0, 0.1) is 0 Å². The first-order valence-corrected chi connectivity index (χ1v) is 10.3. The van der Waals surface area contributed by atoms with Gasteiger partial charge in [0.1, 0.15) is 5.75 Å². The maximum absolute atomic E-state index is 12.4. The van der Waals surface area contributed by atoms with E-state index in [-0.39, 0.29) is 18.6 Å². The van der Waals surface area contributed by atoms with E-state index in [1.54, 1.807) is 0 Å². The molecule has 4 rings (SSSR count). The predicted octanol–water partition coefficient (Wildman–Crippen LogP) is 2.25. The normalized spacial score (nSPS) is 17.6. The van der Waals surface area contributed by atoms with Crippen LogP contribution in [0.5, 0.6) is 5.75 Å². The Hall–Kier alpha value is -2.57. The second kappa shape index (κ2) is 9.29. The van der Waals surface area contributed by atoms with E-state index in [4.69, 9.17) is 9.47 Å². The van der Waals surface area contributed by atoms with Gasteiger partial charge in [-0.05, 0) is 35.7 Å². The van der Waals surface area contributed by atoms with Gasteiger partial charge in [0, 0.05) is 38.9 Å². The molecule has 2 heterocycles. The molecule has 1 amide bonds. The van der Waals surface area contributed by atoms with Crippen molar-refractivity contribution in [1.82, 2.24) is 10.2 Å². The fourth-order valence-corrected chi connectivity index (χ4v) is 4.07. The Balaban J connectivity index is 1.41. The van der Waals surface area contributed by atoms with Crippen LogP contribution in [-0.2, 0) is 16.0 Å². The number of para-hydroxylation sites is 1. The highest BCUT2D eigenvalue weighted by molar-refractivity contribution is 5.77. The molecule has 2 aromatic rings. The van der Waals surface area contributed by atoms with Crippen molar-refractivity contribution in [3.8, 4) is 5.75 Å². The summed E-state index contributed by atoms with van der Waals surface area (Å²) in [6, 6.07) is 16.3. The number of fused-ring (bicyclic) bond motifs is 1. The topological polar surface area (TPSA) is 54.0 Å². The van der Waals surface area contributed by atoms with Crippen LogP contribution in [0.2, 0.25) is 0 Å². The summed E-state index contributed by atoms with van der Waals surface area (Å²) in [5.41, 5.74) is 3.96. The van der Waals surface area contributed by atoms with E-state index in [1.165, 1.54) is 16.8 Å². The first-order valence-electron chi connectivity index (χ1n) is 10.3. The number of ether oxygens (including phenoxy) is 2. The van der Waals surface area contributed by atoms with Gasteiger partial charge in [-0.15, -0.1) is 0 Å². The molecule has 0 unspecified atom stereocenters. The quantitative estimate of drug-likeness (QED) is 0.779. The fraction of sp³-hybridized carbons (Fsp3) is 0.435. The molecule has 1 saturated heterocycles. The number of anilines is 1. The highest BCUT2D eigenvalue weighted by atomic mass is 16.5. The monoisotopic (exact) mass is 395 g/mol. The summed E-state index contributed by atoms with van der Waals surface area (Å²) < 4.78 is 11.1. The van der Waals surface area contributed by atoms with Crippen molar-refractivity contribution in [2.45, 2.75) is 12.5 Å². The van der Waals surface area contributed by atoms with E-state index in [0.29, 0.717) is 12.3 Å². The lowest BCUT2D eigenvalue weighted by Gasteiger charge is -2.35. The minimum absolute atomic E-state index is 0.0226. The molecule has 0 spiro atoms. The molecule has 0 aliphatic carbocycles. The van der Waals surface area contributed by atoms with Gasteiger partial charge >= 0.3 is 0 Å². The van der Waals surface area contributed by atoms with E-state index in [1.807, 2.05) is 30.3 Å². The number of rotatable bonds is 7. The number of carbonyl (C=O) groups is 1. The number of nitrogens with one attached hydrogen (secondary N) is 1. The Kier molecular flexibility index (Phi) is 6.32. The molecule has 6 nitrogen and oxygen atoms in total. The van der Waals surface area contributed by atoms with Gasteiger partial charge in [-0.3, -0.25) is 9.69 Å². The first-order chi connectivity index (χ1) is 14.2. The molecule has 0 radical (unpaired) electrons. The SMILES string of the molecule is CN1CCc2cc([C@@H](CNC(=O)COc3ccccc3)N3CCOCC3)ccc21. The van der Waals surface area contributed by atoms with Crippen molar-refractivity contribution in [1.29, 1.82) is 0 Å². The Morgan fingerprint density at radius 1 is 1.14 bits per heavy atom. The van der Waals surface area contributed by atoms with Crippen LogP contribution in [0.3, 0.4) is 0 Å². The highest BCUT2D eigenvalue weighted by Gasteiger charge is 2.25. The number of likely N-dealkylation sites (N-methyl/N-ethyl adjacent to an activating group) is 1. The van der Waals surface area contributed by atoms with E-state index in [2.05, 4.69) is 40.4 Å². The minimum atomic E-state index is -0.104. The average Bonchev–Trinajstić information content (AvgIpc) is 3.14. The Labute approximate surface area is 172 Å². The van der Waals surface area contributed by atoms with Crippen LogP contribution in [0.15, 0.2) is 48.5 Å². The third kappa shape index (κ3) is 4.89. The van der Waals surface area contributed by atoms with Gasteiger partial charge in [-0.25, -0.2) is 0 Å². The lowest BCUT2D eigenvalue weighted by molar-refractivity contribution is -0.123. The van der Waals surface area contributed by atoms with Crippen molar-refractivity contribution in [3.05, 3.63) is 59.7 Å². The zero-order chi connectivity index (χ0) is 20.1. The standard InChI is InChI=1S/C23H29N3O3/c1-25-10-9-19-15-18(7-8-21(19)25)22(26-11-13-28-14-12-26)16-24-23(27)17-29-20-5-3-2-4-6-20/h2-8,15,22H,9-14,16-17H2,1H3,(H,24,27)/t22-/m1/s1. The van der Waals surface area contributed by atoms with Crippen molar-refractivity contribution in [2.24, 2.45) is 0 Å². The maximum atomic E-state index is 12.4. The summed E-state index contributed by atoms with van der Waals surface area (Å²) >= 11 is 0. The highest BCUT2D eigenvalue weighted by Crippen LogP contribution is 2.31. The maximum Gasteiger partial charge on any atom is 0.258 e. The molecule has 0 bridgehead atoms. The largest absolute Gasteiger partial charge is 0.484 e. The summed E-state index contributed by atoms with van der Waals surface area (Å²) in [5.74, 6) is 0.600. The van der Waals surface area contributed by atoms with Crippen LogP contribution in [0.1, 0.15) is 17.2 Å². The second-order valence-electron chi connectivity index (χ2n) is 7.63. The molecule has 29 heavy (non-hydrogen) atoms. The van der Waals surface area contributed by atoms with E-state index < -0.39 is 0 Å². The molecule has 2 aliphatic heterocycles. The molecule has 6 heteroatoms. The van der Waals surface area contributed by atoms with Crippen LogP contribution >= 0.6 is 0 Å². The number of amides is 1. The molecule has 154 valence electrons. The molecular weight excluding hydrogens is 366 g/mol. The van der Waals surface area contributed by atoms with E-state index in [9.17, 15) is 4.79 Å². The number of hydrogen-bond donors (Lipinski definition) is 1. The number of carbonyl (C=O) groups excluding carboxylic acids is 1. The Morgan fingerprint density at radius 2 is 1.93 bits per heavy atom. The molecule has 2 aliphatic rings. The predicted molar refractivity (Wildman–Crippen MR) is 113 cm³/mol. The summed E-state index contributed by atoms with van der Waals surface area (Å²) in [6.45, 7) is 4.86. The van der Waals surface area contributed by atoms with Crippen molar-refractivity contribution >= 4 is 11.6 Å². The van der Waals surface area contributed by atoms with Crippen LogP contribution < -0.4 is 15.0 Å². The summed E-state index contributed by atoms with van der Waals surface area (Å²) in [7, 11) is 2.14. The fourth-order valence-electron chi connectivity index (χ4n) is 4.07. The number of morpholine rings is 1. The van der Waals surface area contributed by atoms with Crippen molar-refractivity contribution in [3.63, 3.8) is 0 Å². The van der Waals surface area contributed by atoms with Gasteiger partial charge < -0.3 is 19.7 Å². The third-order valence-corrected chi connectivity index (χ3v) is 5.71. The zero-order valence-electron chi connectivity index (χ0n) is 17.0. The summed E-state index contributed by atoms with van der Waals surface area (Å²) in [5, 5.41) is 3.07. The van der Waals surface area contributed by atoms with Gasteiger partial charge in [0.2, 0.25) is 0 Å². The van der Waals surface area contributed by atoms with Crippen molar-refractivity contribution in [2.75, 3.05) is 57.9 Å². The zero-order valence-corrected chi connectivity index (χ0v) is 17.0. The summed E-state index contributed by atoms with van der Waals surface area (Å²) in [4.78, 5) is 17.1. The molecule has 1 fully saturated rings. The molecule has 2 aromatic carbocycles. The lowest BCUT2D eigenvalue weighted by atomic mass is 10.0. The van der Waals surface area contributed by atoms with Crippen LogP contribution in [0.25, 0.3) is 0 Å². The smallest absolute Gasteiger partial charge is 0.258 e. The van der Waals surface area contributed by atoms with Crippen LogP contribution in [-0.4, -0.2) is 63.9 Å². The van der Waals surface area contributed by atoms with E-state index in [0.717, 1.165) is 39.3 Å². The Morgan fingerprint density at radius 3 is 2.72 bits per heavy atom. The second-order valence-corrected chi connectivity index (χ2v) is 7.63. The minimum Gasteiger partial charge on any atom is -0.484 e. The number of nitrogens with zero attached hydrogens (tertiary/aromatic N) is 2. The number of hydrogen-bond acceptors (Lipinski definition) is 5. The summed E-state index contributed by atoms with van der Waals surface area (Å²) in [6.07, 6.45) is 1.08. The average molecular weight is 396 g/mol. The van der Waals surface area contributed by atoms with Gasteiger partial charge in [0.05, 0.1) is 19.3 Å². The van der Waals surface area contributed by atoms with E-state index >= 15 is 0 Å². The first kappa shape index (κ1) is 19.7. The third-order valence-electron chi connectivity index (χ3n) is 5.71. The van der Waals surface area contributed by atoms with Crippen LogP contribution in [0.4, 0.5) is 5.69 Å². The van der Waals surface area contributed by atoms with Gasteiger partial charge in [-0.1, -0.05) is 30.3 Å². The van der Waals surface area contributed by atoms with Crippen molar-refractivity contribution < 1.29 is 14.3 Å². The molecule has 0 saturated carbocycles. The Bertz CT molecular complexity index is 821. The van der Waals surface area contributed by atoms with Gasteiger partial charge in [0.25, 0.3) is 5.91 Å². The van der Waals surface area contributed by atoms with Gasteiger partial charge in [-0.2, -0.15) is 0 Å². The lowest BCUT2D eigenvalue weighted by Crippen LogP contribution is -2.44. The van der Waals surface area contributed by atoms with Gasteiger partial charge in [0.15, 0.2) is 6.61 Å².